The number of hydrogen-bond donors (Lipinski definition) is 1. The zero-order chi connectivity index (χ0) is 17.9. The lowest BCUT2D eigenvalue weighted by Gasteiger charge is -2.20. The molecule has 0 aliphatic carbocycles. The molecule has 8 heteroatoms. The number of nitrogens with one attached hydrogen (secondary N) is 1. The van der Waals surface area contributed by atoms with Gasteiger partial charge in [-0.2, -0.15) is 0 Å². The van der Waals surface area contributed by atoms with Crippen LogP contribution in [0.4, 0.5) is 16.0 Å². The summed E-state index contributed by atoms with van der Waals surface area (Å²) in [6, 6.07) is 7.02. The van der Waals surface area contributed by atoms with Crippen LogP contribution < -0.4 is 9.62 Å². The molecule has 1 N–H and O–H groups in total. The van der Waals surface area contributed by atoms with Gasteiger partial charge in [0.1, 0.15) is 5.82 Å². The lowest BCUT2D eigenvalue weighted by Crippen LogP contribution is -2.25. The summed E-state index contributed by atoms with van der Waals surface area (Å²) >= 11 is 0. The number of benzene rings is 1. The largest absolute Gasteiger partial charge is 0.355 e. The van der Waals surface area contributed by atoms with Crippen molar-refractivity contribution in [1.82, 2.24) is 10.2 Å². The van der Waals surface area contributed by atoms with Gasteiger partial charge in [0.2, 0.25) is 0 Å². The van der Waals surface area contributed by atoms with Crippen molar-refractivity contribution in [1.29, 1.82) is 0 Å². The first-order valence-electron chi connectivity index (χ1n) is 8.33. The van der Waals surface area contributed by atoms with Gasteiger partial charge in [-0.3, -0.25) is 4.72 Å². The summed E-state index contributed by atoms with van der Waals surface area (Å²) in [6.45, 7) is 3.40. The van der Waals surface area contributed by atoms with Crippen LogP contribution in [0.3, 0.4) is 0 Å². The van der Waals surface area contributed by atoms with Crippen LogP contribution in [0, 0.1) is 12.7 Å². The Morgan fingerprint density at radius 2 is 1.76 bits per heavy atom. The third-order valence-electron chi connectivity index (χ3n) is 4.26. The quantitative estimate of drug-likeness (QED) is 0.902. The maximum atomic E-state index is 13.3. The summed E-state index contributed by atoms with van der Waals surface area (Å²) in [5.41, 5.74) is 0.269. The van der Waals surface area contributed by atoms with Crippen LogP contribution in [0.1, 0.15) is 31.2 Å². The summed E-state index contributed by atoms with van der Waals surface area (Å²) in [7, 11) is -3.83. The number of anilines is 2. The van der Waals surface area contributed by atoms with Gasteiger partial charge in [0.25, 0.3) is 10.0 Å². The highest BCUT2D eigenvalue weighted by Gasteiger charge is 2.17. The average molecular weight is 364 g/mol. The minimum atomic E-state index is -3.83. The van der Waals surface area contributed by atoms with Crippen molar-refractivity contribution in [2.45, 2.75) is 37.5 Å². The van der Waals surface area contributed by atoms with Crippen molar-refractivity contribution in [3.8, 4) is 0 Å². The van der Waals surface area contributed by atoms with E-state index in [0.717, 1.165) is 37.8 Å². The van der Waals surface area contributed by atoms with Gasteiger partial charge in [0, 0.05) is 13.1 Å². The Labute approximate surface area is 147 Å². The highest BCUT2D eigenvalue weighted by molar-refractivity contribution is 7.92. The molecule has 1 saturated heterocycles. The SMILES string of the molecule is Cc1cc(S(=O)(=O)Nc2ccc(N3CCCCCC3)nn2)ccc1F. The van der Waals surface area contributed by atoms with Crippen LogP contribution >= 0.6 is 0 Å². The van der Waals surface area contributed by atoms with Crippen LogP contribution in [0.25, 0.3) is 0 Å². The molecule has 1 aliphatic heterocycles. The minimum absolute atomic E-state index is 0.00945. The molecular formula is C17H21FN4O2S. The predicted octanol–water partition coefficient (Wildman–Crippen LogP) is 3.11. The molecule has 25 heavy (non-hydrogen) atoms. The molecule has 1 aromatic carbocycles. The van der Waals surface area contributed by atoms with E-state index in [1.54, 1.807) is 12.1 Å². The van der Waals surface area contributed by atoms with Crippen LogP contribution in [-0.2, 0) is 10.0 Å². The van der Waals surface area contributed by atoms with Gasteiger partial charge < -0.3 is 4.90 Å². The van der Waals surface area contributed by atoms with Gasteiger partial charge in [0.15, 0.2) is 11.6 Å². The van der Waals surface area contributed by atoms with E-state index in [-0.39, 0.29) is 16.3 Å². The first-order chi connectivity index (χ1) is 12.0. The second kappa shape index (κ2) is 7.35. The molecule has 1 aromatic heterocycles. The van der Waals surface area contributed by atoms with Crippen LogP contribution in [-0.4, -0.2) is 31.7 Å². The molecule has 0 saturated carbocycles. The first kappa shape index (κ1) is 17.6. The molecule has 0 atom stereocenters. The molecule has 2 heterocycles. The Balaban J connectivity index is 1.74. The number of rotatable bonds is 4. The smallest absolute Gasteiger partial charge is 0.263 e. The summed E-state index contributed by atoms with van der Waals surface area (Å²) in [6.07, 6.45) is 4.69. The summed E-state index contributed by atoms with van der Waals surface area (Å²) in [4.78, 5) is 2.16. The standard InChI is InChI=1S/C17H21FN4O2S/c1-13-12-14(6-7-15(13)18)25(23,24)21-16-8-9-17(20-19-16)22-10-4-2-3-5-11-22/h6-9,12H,2-5,10-11H2,1H3,(H,19,21). The number of sulfonamides is 1. The molecule has 0 unspecified atom stereocenters. The fourth-order valence-electron chi connectivity index (χ4n) is 2.83. The van der Waals surface area contributed by atoms with Crippen molar-refractivity contribution >= 4 is 21.7 Å². The third-order valence-corrected chi connectivity index (χ3v) is 5.61. The fraction of sp³-hybridized carbons (Fsp3) is 0.412. The maximum Gasteiger partial charge on any atom is 0.263 e. The molecule has 134 valence electrons. The van der Waals surface area contributed by atoms with E-state index >= 15 is 0 Å². The molecular weight excluding hydrogens is 343 g/mol. The van der Waals surface area contributed by atoms with Crippen molar-refractivity contribution in [3.05, 3.63) is 41.7 Å². The first-order valence-corrected chi connectivity index (χ1v) is 9.82. The summed E-state index contributed by atoms with van der Waals surface area (Å²) in [5.74, 6) is 0.448. The molecule has 0 bridgehead atoms. The van der Waals surface area contributed by atoms with Gasteiger partial charge in [-0.1, -0.05) is 12.8 Å². The number of halogens is 1. The van der Waals surface area contributed by atoms with Gasteiger partial charge in [0.05, 0.1) is 4.90 Å². The highest BCUT2D eigenvalue weighted by atomic mass is 32.2. The van der Waals surface area contributed by atoms with Crippen molar-refractivity contribution in [2.75, 3.05) is 22.7 Å². The topological polar surface area (TPSA) is 75.2 Å². The second-order valence-electron chi connectivity index (χ2n) is 6.19. The van der Waals surface area contributed by atoms with Crippen LogP contribution in [0.2, 0.25) is 0 Å². The Hall–Kier alpha value is -2.22. The van der Waals surface area contributed by atoms with Crippen LogP contribution in [0.5, 0.6) is 0 Å². The van der Waals surface area contributed by atoms with Gasteiger partial charge in [-0.15, -0.1) is 10.2 Å². The normalized spacial score (nSPS) is 15.7. The van der Waals surface area contributed by atoms with Crippen molar-refractivity contribution < 1.29 is 12.8 Å². The summed E-state index contributed by atoms with van der Waals surface area (Å²) < 4.78 is 40.5. The molecule has 6 nitrogen and oxygen atoms in total. The Morgan fingerprint density at radius 1 is 1.04 bits per heavy atom. The van der Waals surface area contributed by atoms with E-state index < -0.39 is 15.8 Å². The number of nitrogens with zero attached hydrogens (tertiary/aromatic N) is 3. The minimum Gasteiger partial charge on any atom is -0.355 e. The molecule has 0 radical (unpaired) electrons. The predicted molar refractivity (Wildman–Crippen MR) is 94.7 cm³/mol. The van der Waals surface area contributed by atoms with Gasteiger partial charge in [-0.05, 0) is 55.7 Å². The zero-order valence-corrected chi connectivity index (χ0v) is 14.9. The van der Waals surface area contributed by atoms with E-state index in [0.29, 0.717) is 0 Å². The van der Waals surface area contributed by atoms with E-state index in [1.807, 2.05) is 0 Å². The third kappa shape index (κ3) is 4.25. The Kier molecular flexibility index (Phi) is 5.17. The van der Waals surface area contributed by atoms with E-state index in [9.17, 15) is 12.8 Å². The molecule has 0 amide bonds. The highest BCUT2D eigenvalue weighted by Crippen LogP contribution is 2.20. The van der Waals surface area contributed by atoms with Gasteiger partial charge >= 0.3 is 0 Å². The fourth-order valence-corrected chi connectivity index (χ4v) is 3.91. The number of hydrogen-bond acceptors (Lipinski definition) is 5. The Bertz CT molecular complexity index is 832. The van der Waals surface area contributed by atoms with Crippen LogP contribution in [0.15, 0.2) is 35.2 Å². The molecule has 1 fully saturated rings. The van der Waals surface area contributed by atoms with Gasteiger partial charge in [-0.25, -0.2) is 12.8 Å². The molecule has 2 aromatic rings. The summed E-state index contributed by atoms with van der Waals surface area (Å²) in [5, 5.41) is 8.12. The van der Waals surface area contributed by atoms with E-state index in [2.05, 4.69) is 19.8 Å². The average Bonchev–Trinajstić information content (AvgIpc) is 2.87. The molecule has 0 spiro atoms. The number of aromatic nitrogens is 2. The van der Waals surface area contributed by atoms with Crippen molar-refractivity contribution in [2.24, 2.45) is 0 Å². The monoisotopic (exact) mass is 364 g/mol. The van der Waals surface area contributed by atoms with Crippen molar-refractivity contribution in [3.63, 3.8) is 0 Å². The lowest BCUT2D eigenvalue weighted by atomic mass is 10.2. The lowest BCUT2D eigenvalue weighted by molar-refractivity contribution is 0.598. The maximum absolute atomic E-state index is 13.3. The second-order valence-corrected chi connectivity index (χ2v) is 7.88. The Morgan fingerprint density at radius 3 is 2.36 bits per heavy atom. The van der Waals surface area contributed by atoms with E-state index in [1.165, 1.54) is 31.9 Å². The zero-order valence-electron chi connectivity index (χ0n) is 14.1. The number of aryl methyl sites for hydroxylation is 1. The molecule has 3 rings (SSSR count). The van der Waals surface area contributed by atoms with E-state index in [4.69, 9.17) is 0 Å². The molecule has 1 aliphatic rings.